The Balaban J connectivity index is 1.85. The van der Waals surface area contributed by atoms with Crippen molar-refractivity contribution in [2.24, 2.45) is 0 Å². The Kier molecular flexibility index (Phi) is 7.84. The molecule has 2 amide bonds. The van der Waals surface area contributed by atoms with Crippen LogP contribution in [0.1, 0.15) is 12.5 Å². The van der Waals surface area contributed by atoms with Crippen LogP contribution in [-0.2, 0) is 14.3 Å². The molecule has 1 aliphatic heterocycles. The average molecular weight is 574 g/mol. The van der Waals surface area contributed by atoms with Gasteiger partial charge in [0.05, 0.1) is 27.9 Å². The molecule has 162 valence electrons. The van der Waals surface area contributed by atoms with Crippen molar-refractivity contribution in [3.05, 3.63) is 55.5 Å². The van der Waals surface area contributed by atoms with Crippen LogP contribution in [-0.4, -0.2) is 37.4 Å². The Bertz CT molecular complexity index is 1060. The number of hydrogen-bond donors (Lipinski definition) is 0. The fraction of sp³-hybridized carbons (Fsp3) is 0.190. The third-order valence-electron chi connectivity index (χ3n) is 4.07. The summed E-state index contributed by atoms with van der Waals surface area (Å²) in [4.78, 5) is 38.2. The molecule has 1 aliphatic rings. The first-order chi connectivity index (χ1) is 14.8. The zero-order chi connectivity index (χ0) is 22.5. The number of thioether (sulfide) groups is 1. The number of hydrogen-bond acceptors (Lipinski definition) is 7. The number of anilines is 1. The maximum absolute atomic E-state index is 12.8. The first-order valence-electron chi connectivity index (χ1n) is 9.03. The highest BCUT2D eigenvalue weighted by atomic mass is 127. The predicted molar refractivity (Wildman–Crippen MR) is 128 cm³/mol. The van der Waals surface area contributed by atoms with Crippen molar-refractivity contribution in [2.75, 3.05) is 25.2 Å². The molecule has 1 fully saturated rings. The zero-order valence-electron chi connectivity index (χ0n) is 16.5. The van der Waals surface area contributed by atoms with Crippen molar-refractivity contribution in [3.63, 3.8) is 0 Å². The van der Waals surface area contributed by atoms with Crippen LogP contribution in [0.2, 0.25) is 5.02 Å². The molecule has 0 aromatic heterocycles. The van der Waals surface area contributed by atoms with Gasteiger partial charge in [0.1, 0.15) is 0 Å². The van der Waals surface area contributed by atoms with Crippen LogP contribution < -0.4 is 14.4 Å². The Morgan fingerprint density at radius 1 is 1.23 bits per heavy atom. The van der Waals surface area contributed by atoms with Crippen LogP contribution in [0.15, 0.2) is 41.3 Å². The van der Waals surface area contributed by atoms with Gasteiger partial charge in [-0.25, -0.2) is 9.69 Å². The summed E-state index contributed by atoms with van der Waals surface area (Å²) in [5, 5.41) is 0.118. The van der Waals surface area contributed by atoms with Gasteiger partial charge in [0.15, 0.2) is 18.1 Å². The molecular weight excluding hydrogens is 557 g/mol. The molecule has 0 unspecified atom stereocenters. The van der Waals surface area contributed by atoms with Crippen molar-refractivity contribution < 1.29 is 28.6 Å². The number of benzene rings is 2. The second kappa shape index (κ2) is 10.4. The predicted octanol–water partition coefficient (Wildman–Crippen LogP) is 5.14. The fourth-order valence-electron chi connectivity index (χ4n) is 2.73. The van der Waals surface area contributed by atoms with Crippen LogP contribution in [0.4, 0.5) is 10.5 Å². The van der Waals surface area contributed by atoms with E-state index in [1.165, 1.54) is 7.11 Å². The van der Waals surface area contributed by atoms with E-state index in [0.717, 1.165) is 16.7 Å². The Labute approximate surface area is 201 Å². The standard InChI is InChI=1S/C21H17ClINO6S/c1-3-29-18(25)11-30-19-15(23)8-12(9-16(19)28-2)10-17-20(26)24(21(27)31-17)14-6-4-13(22)5-7-14/h4-10H,3,11H2,1-2H3/b17-10+. The van der Waals surface area contributed by atoms with Crippen molar-refractivity contribution in [1.29, 1.82) is 0 Å². The minimum Gasteiger partial charge on any atom is -0.493 e. The number of carbonyl (C=O) groups excluding carboxylic acids is 3. The van der Waals surface area contributed by atoms with E-state index in [-0.39, 0.29) is 18.1 Å². The summed E-state index contributed by atoms with van der Waals surface area (Å²) in [7, 11) is 1.47. The number of nitrogens with zero attached hydrogens (tertiary/aromatic N) is 1. The molecule has 2 aromatic carbocycles. The lowest BCUT2D eigenvalue weighted by Gasteiger charge is -2.13. The molecule has 0 bridgehead atoms. The molecule has 0 aliphatic carbocycles. The smallest absolute Gasteiger partial charge is 0.344 e. The molecule has 0 radical (unpaired) electrons. The second-order valence-corrected chi connectivity index (χ2v) is 8.71. The van der Waals surface area contributed by atoms with Crippen molar-refractivity contribution in [2.45, 2.75) is 6.92 Å². The van der Waals surface area contributed by atoms with E-state index in [1.807, 2.05) is 22.6 Å². The molecular formula is C21H17ClINO6S. The highest BCUT2D eigenvalue weighted by Crippen LogP contribution is 2.38. The topological polar surface area (TPSA) is 82.1 Å². The minimum absolute atomic E-state index is 0.250. The van der Waals surface area contributed by atoms with E-state index in [2.05, 4.69) is 0 Å². The molecule has 3 rings (SSSR count). The number of ether oxygens (including phenoxy) is 3. The summed E-state index contributed by atoms with van der Waals surface area (Å²) >= 11 is 8.78. The second-order valence-electron chi connectivity index (χ2n) is 6.12. The fourth-order valence-corrected chi connectivity index (χ4v) is 4.48. The third-order valence-corrected chi connectivity index (χ3v) is 5.99. The van der Waals surface area contributed by atoms with Gasteiger partial charge < -0.3 is 14.2 Å². The number of esters is 1. The van der Waals surface area contributed by atoms with Crippen LogP contribution in [0.5, 0.6) is 11.5 Å². The average Bonchev–Trinajstić information content (AvgIpc) is 3.00. The van der Waals surface area contributed by atoms with Gasteiger partial charge >= 0.3 is 5.97 Å². The molecule has 0 spiro atoms. The van der Waals surface area contributed by atoms with Gasteiger partial charge in [-0.1, -0.05) is 11.6 Å². The molecule has 10 heteroatoms. The molecule has 1 saturated heterocycles. The van der Waals surface area contributed by atoms with Crippen molar-refractivity contribution >= 4 is 74.8 Å². The Morgan fingerprint density at radius 2 is 1.94 bits per heavy atom. The largest absolute Gasteiger partial charge is 0.493 e. The van der Waals surface area contributed by atoms with Crippen LogP contribution >= 0.6 is 46.0 Å². The summed E-state index contributed by atoms with van der Waals surface area (Å²) in [6.45, 7) is 1.73. The van der Waals surface area contributed by atoms with Gasteiger partial charge in [0.2, 0.25) is 0 Å². The zero-order valence-corrected chi connectivity index (χ0v) is 20.2. The minimum atomic E-state index is -0.486. The van der Waals surface area contributed by atoms with Crippen LogP contribution in [0.25, 0.3) is 6.08 Å². The van der Waals surface area contributed by atoms with Gasteiger partial charge in [-0.05, 0) is 89.3 Å². The molecule has 0 atom stereocenters. The Hall–Kier alpha value is -2.24. The number of halogens is 2. The van der Waals surface area contributed by atoms with E-state index >= 15 is 0 Å². The first kappa shape index (κ1) is 23.4. The summed E-state index contributed by atoms with van der Waals surface area (Å²) in [6.07, 6.45) is 1.61. The first-order valence-corrected chi connectivity index (χ1v) is 11.3. The van der Waals surface area contributed by atoms with Crippen LogP contribution in [0, 0.1) is 3.57 Å². The summed E-state index contributed by atoms with van der Waals surface area (Å²) in [5.41, 5.74) is 1.09. The normalized spacial score (nSPS) is 14.8. The highest BCUT2D eigenvalue weighted by molar-refractivity contribution is 14.1. The maximum Gasteiger partial charge on any atom is 0.344 e. The quantitative estimate of drug-likeness (QED) is 0.258. The van der Waals surface area contributed by atoms with Crippen molar-refractivity contribution in [1.82, 2.24) is 0 Å². The summed E-state index contributed by atoms with van der Waals surface area (Å²) < 4.78 is 16.5. The van der Waals surface area contributed by atoms with Gasteiger partial charge in [-0.15, -0.1) is 0 Å². The van der Waals surface area contributed by atoms with Crippen LogP contribution in [0.3, 0.4) is 0 Å². The maximum atomic E-state index is 12.8. The SMILES string of the molecule is CCOC(=O)COc1c(I)cc(/C=C2/SC(=O)N(c3ccc(Cl)cc3)C2=O)cc1OC. The molecule has 0 saturated carbocycles. The number of methoxy groups -OCH3 is 1. The summed E-state index contributed by atoms with van der Waals surface area (Å²) in [6, 6.07) is 9.89. The van der Waals surface area contributed by atoms with Gasteiger partial charge in [-0.2, -0.15) is 0 Å². The van der Waals surface area contributed by atoms with E-state index < -0.39 is 17.1 Å². The van der Waals surface area contributed by atoms with E-state index in [1.54, 1.807) is 49.4 Å². The number of amides is 2. The number of imide groups is 1. The Morgan fingerprint density at radius 3 is 2.58 bits per heavy atom. The lowest BCUT2D eigenvalue weighted by atomic mass is 10.1. The van der Waals surface area contributed by atoms with Gasteiger partial charge in [0.25, 0.3) is 11.1 Å². The number of rotatable bonds is 7. The van der Waals surface area contributed by atoms with E-state index in [0.29, 0.717) is 31.3 Å². The molecule has 1 heterocycles. The highest BCUT2D eigenvalue weighted by Gasteiger charge is 2.36. The lowest BCUT2D eigenvalue weighted by molar-refractivity contribution is -0.145. The lowest BCUT2D eigenvalue weighted by Crippen LogP contribution is -2.27. The summed E-state index contributed by atoms with van der Waals surface area (Å²) in [5.74, 6) is -0.129. The molecule has 2 aromatic rings. The molecule has 0 N–H and O–H groups in total. The molecule has 7 nitrogen and oxygen atoms in total. The monoisotopic (exact) mass is 573 g/mol. The number of carbonyl (C=O) groups is 3. The van der Waals surface area contributed by atoms with Gasteiger partial charge in [-0.3, -0.25) is 9.59 Å². The van der Waals surface area contributed by atoms with Crippen molar-refractivity contribution in [3.8, 4) is 11.5 Å². The van der Waals surface area contributed by atoms with E-state index in [4.69, 9.17) is 25.8 Å². The third kappa shape index (κ3) is 5.52. The van der Waals surface area contributed by atoms with Gasteiger partial charge in [0, 0.05) is 5.02 Å². The van der Waals surface area contributed by atoms with E-state index in [9.17, 15) is 14.4 Å². The molecule has 31 heavy (non-hydrogen) atoms.